The standard InChI is InChI=1S/C11H13ClN2O2/c1-2-7(10(13)15)8-4-3-6(12)5-9(8)11(14)16/h3-5,7H,2H2,1H3,(H2,13,15)(H2,14,16)/t7-/m0/s1. The van der Waals surface area contributed by atoms with Crippen molar-refractivity contribution in [2.24, 2.45) is 11.5 Å². The normalized spacial score (nSPS) is 12.1. The monoisotopic (exact) mass is 240 g/mol. The maximum absolute atomic E-state index is 11.2. The number of benzene rings is 1. The molecule has 0 aliphatic rings. The summed E-state index contributed by atoms with van der Waals surface area (Å²) < 4.78 is 0. The molecule has 1 atom stereocenters. The molecule has 0 aliphatic heterocycles. The summed E-state index contributed by atoms with van der Waals surface area (Å²) in [7, 11) is 0. The summed E-state index contributed by atoms with van der Waals surface area (Å²) in [5, 5.41) is 0.400. The van der Waals surface area contributed by atoms with Gasteiger partial charge in [-0.2, -0.15) is 0 Å². The Kier molecular flexibility index (Phi) is 3.90. The highest BCUT2D eigenvalue weighted by molar-refractivity contribution is 6.31. The van der Waals surface area contributed by atoms with Crippen LogP contribution in [0.15, 0.2) is 18.2 Å². The van der Waals surface area contributed by atoms with Crippen molar-refractivity contribution >= 4 is 23.4 Å². The van der Waals surface area contributed by atoms with Crippen LogP contribution in [0.1, 0.15) is 35.2 Å². The van der Waals surface area contributed by atoms with E-state index in [2.05, 4.69) is 0 Å². The lowest BCUT2D eigenvalue weighted by atomic mass is 9.91. The van der Waals surface area contributed by atoms with Gasteiger partial charge in [0.25, 0.3) is 0 Å². The third-order valence-corrected chi connectivity index (χ3v) is 2.64. The topological polar surface area (TPSA) is 86.2 Å². The Morgan fingerprint density at radius 1 is 1.38 bits per heavy atom. The van der Waals surface area contributed by atoms with Crippen LogP contribution in [0.4, 0.5) is 0 Å². The maximum atomic E-state index is 11.2. The summed E-state index contributed by atoms with van der Waals surface area (Å²) in [4.78, 5) is 22.5. The van der Waals surface area contributed by atoms with Gasteiger partial charge in [-0.25, -0.2) is 0 Å². The molecule has 0 unspecified atom stereocenters. The molecule has 0 aromatic heterocycles. The molecule has 0 spiro atoms. The molecule has 0 saturated carbocycles. The number of halogens is 1. The maximum Gasteiger partial charge on any atom is 0.249 e. The Hall–Kier alpha value is -1.55. The van der Waals surface area contributed by atoms with Gasteiger partial charge in [-0.15, -0.1) is 0 Å². The van der Waals surface area contributed by atoms with Crippen LogP contribution in [0, 0.1) is 0 Å². The van der Waals surface area contributed by atoms with E-state index in [-0.39, 0.29) is 5.56 Å². The molecule has 0 heterocycles. The Labute approximate surface area is 98.6 Å². The second-order valence-electron chi connectivity index (χ2n) is 3.46. The third kappa shape index (κ3) is 2.52. The number of carbonyl (C=O) groups is 2. The first kappa shape index (κ1) is 12.5. The zero-order valence-corrected chi connectivity index (χ0v) is 9.62. The predicted molar refractivity (Wildman–Crippen MR) is 62.2 cm³/mol. The Bertz CT molecular complexity index is 432. The molecule has 86 valence electrons. The van der Waals surface area contributed by atoms with Gasteiger partial charge in [-0.1, -0.05) is 24.6 Å². The summed E-state index contributed by atoms with van der Waals surface area (Å²) in [5.41, 5.74) is 11.3. The molecule has 0 saturated heterocycles. The second kappa shape index (κ2) is 4.99. The lowest BCUT2D eigenvalue weighted by Crippen LogP contribution is -2.24. The minimum atomic E-state index is -0.614. The number of carbonyl (C=O) groups excluding carboxylic acids is 2. The molecule has 0 aliphatic carbocycles. The zero-order chi connectivity index (χ0) is 12.3. The summed E-state index contributed by atoms with van der Waals surface area (Å²) in [6, 6.07) is 4.67. The predicted octanol–water partition coefficient (Wildman–Crippen LogP) is 1.42. The number of hydrogen-bond donors (Lipinski definition) is 2. The minimum Gasteiger partial charge on any atom is -0.369 e. The molecule has 2 amide bonds. The van der Waals surface area contributed by atoms with Crippen molar-refractivity contribution in [1.29, 1.82) is 0 Å². The van der Waals surface area contributed by atoms with Gasteiger partial charge in [-0.05, 0) is 24.1 Å². The van der Waals surface area contributed by atoms with Crippen LogP contribution in [0.2, 0.25) is 5.02 Å². The summed E-state index contributed by atoms with van der Waals surface area (Å²) in [6.45, 7) is 1.81. The van der Waals surface area contributed by atoms with Crippen LogP contribution >= 0.6 is 11.6 Å². The van der Waals surface area contributed by atoms with Crippen LogP contribution in [-0.4, -0.2) is 11.8 Å². The van der Waals surface area contributed by atoms with Crippen molar-refractivity contribution in [2.75, 3.05) is 0 Å². The lowest BCUT2D eigenvalue weighted by Gasteiger charge is -2.14. The fourth-order valence-corrected chi connectivity index (χ4v) is 1.79. The van der Waals surface area contributed by atoms with Crippen LogP contribution < -0.4 is 11.5 Å². The van der Waals surface area contributed by atoms with Crippen molar-refractivity contribution in [1.82, 2.24) is 0 Å². The van der Waals surface area contributed by atoms with E-state index in [9.17, 15) is 9.59 Å². The third-order valence-electron chi connectivity index (χ3n) is 2.41. The average Bonchev–Trinajstić information content (AvgIpc) is 2.20. The highest BCUT2D eigenvalue weighted by Gasteiger charge is 2.21. The first-order valence-corrected chi connectivity index (χ1v) is 5.23. The first-order valence-electron chi connectivity index (χ1n) is 4.86. The molecule has 1 aromatic carbocycles. The van der Waals surface area contributed by atoms with Gasteiger partial charge < -0.3 is 11.5 Å². The van der Waals surface area contributed by atoms with Gasteiger partial charge in [-0.3, -0.25) is 9.59 Å². The van der Waals surface area contributed by atoms with Crippen molar-refractivity contribution in [2.45, 2.75) is 19.3 Å². The fourth-order valence-electron chi connectivity index (χ4n) is 1.62. The van der Waals surface area contributed by atoms with Crippen molar-refractivity contribution < 1.29 is 9.59 Å². The minimum absolute atomic E-state index is 0.248. The van der Waals surface area contributed by atoms with E-state index >= 15 is 0 Å². The Balaban J connectivity index is 3.31. The van der Waals surface area contributed by atoms with E-state index in [0.717, 1.165) is 0 Å². The van der Waals surface area contributed by atoms with Gasteiger partial charge in [0.2, 0.25) is 11.8 Å². The summed E-state index contributed by atoms with van der Waals surface area (Å²) in [5.74, 6) is -1.61. The number of hydrogen-bond acceptors (Lipinski definition) is 2. The molecule has 1 aromatic rings. The highest BCUT2D eigenvalue weighted by atomic mass is 35.5. The van der Waals surface area contributed by atoms with Crippen molar-refractivity contribution in [3.8, 4) is 0 Å². The highest BCUT2D eigenvalue weighted by Crippen LogP contribution is 2.25. The van der Waals surface area contributed by atoms with E-state index < -0.39 is 17.7 Å². The number of rotatable bonds is 4. The molecule has 1 rings (SSSR count). The van der Waals surface area contributed by atoms with E-state index in [1.165, 1.54) is 6.07 Å². The molecular weight excluding hydrogens is 228 g/mol. The van der Waals surface area contributed by atoms with Crippen molar-refractivity contribution in [3.63, 3.8) is 0 Å². The zero-order valence-electron chi connectivity index (χ0n) is 8.87. The van der Waals surface area contributed by atoms with Gasteiger partial charge in [0.15, 0.2) is 0 Å². The molecule has 0 fully saturated rings. The molecule has 0 bridgehead atoms. The van der Waals surface area contributed by atoms with Crippen LogP contribution in [0.5, 0.6) is 0 Å². The van der Waals surface area contributed by atoms with Crippen LogP contribution in [0.25, 0.3) is 0 Å². The van der Waals surface area contributed by atoms with Crippen LogP contribution in [0.3, 0.4) is 0 Å². The molecule has 4 nitrogen and oxygen atoms in total. The van der Waals surface area contributed by atoms with E-state index in [0.29, 0.717) is 17.0 Å². The Morgan fingerprint density at radius 3 is 2.44 bits per heavy atom. The lowest BCUT2D eigenvalue weighted by molar-refractivity contribution is -0.119. The number of primary amides is 2. The van der Waals surface area contributed by atoms with Gasteiger partial charge in [0.05, 0.1) is 5.92 Å². The molecule has 4 N–H and O–H groups in total. The van der Waals surface area contributed by atoms with Crippen LogP contribution in [-0.2, 0) is 4.79 Å². The molecule has 5 heteroatoms. The van der Waals surface area contributed by atoms with E-state index in [4.69, 9.17) is 23.1 Å². The molecular formula is C11H13ClN2O2. The molecule has 16 heavy (non-hydrogen) atoms. The second-order valence-corrected chi connectivity index (χ2v) is 3.90. The quantitative estimate of drug-likeness (QED) is 0.834. The average molecular weight is 241 g/mol. The summed E-state index contributed by atoms with van der Waals surface area (Å²) >= 11 is 5.76. The fraction of sp³-hybridized carbons (Fsp3) is 0.273. The summed E-state index contributed by atoms with van der Waals surface area (Å²) in [6.07, 6.45) is 0.511. The van der Waals surface area contributed by atoms with Gasteiger partial charge in [0.1, 0.15) is 0 Å². The number of nitrogens with two attached hydrogens (primary N) is 2. The Morgan fingerprint density at radius 2 is 2.00 bits per heavy atom. The number of amides is 2. The first-order chi connectivity index (χ1) is 7.47. The largest absolute Gasteiger partial charge is 0.369 e. The van der Waals surface area contributed by atoms with Crippen molar-refractivity contribution in [3.05, 3.63) is 34.3 Å². The van der Waals surface area contributed by atoms with Gasteiger partial charge in [0, 0.05) is 10.6 Å². The smallest absolute Gasteiger partial charge is 0.249 e. The SMILES string of the molecule is CC[C@H](C(N)=O)c1ccc(Cl)cc1C(N)=O. The van der Waals surface area contributed by atoms with Gasteiger partial charge >= 0.3 is 0 Å². The molecule has 0 radical (unpaired) electrons. The van der Waals surface area contributed by atoms with E-state index in [1.807, 2.05) is 6.92 Å². The van der Waals surface area contributed by atoms with E-state index in [1.54, 1.807) is 12.1 Å².